The SMILES string of the molecule is CCc1ccccc1C(Cc1cn(C)nn1)NC. The van der Waals surface area contributed by atoms with Crippen molar-refractivity contribution < 1.29 is 0 Å². The molecule has 18 heavy (non-hydrogen) atoms. The van der Waals surface area contributed by atoms with Crippen LogP contribution in [0.5, 0.6) is 0 Å². The minimum atomic E-state index is 0.290. The van der Waals surface area contributed by atoms with E-state index in [2.05, 4.69) is 46.8 Å². The zero-order valence-electron chi connectivity index (χ0n) is 11.2. The lowest BCUT2D eigenvalue weighted by Gasteiger charge is -2.18. The number of nitrogens with one attached hydrogen (secondary N) is 1. The first-order valence-corrected chi connectivity index (χ1v) is 6.34. The Hall–Kier alpha value is -1.68. The molecule has 0 amide bonds. The topological polar surface area (TPSA) is 42.7 Å². The van der Waals surface area contributed by atoms with Gasteiger partial charge in [-0.1, -0.05) is 36.4 Å². The van der Waals surface area contributed by atoms with Crippen LogP contribution in [0.1, 0.15) is 29.8 Å². The molecule has 1 N–H and O–H groups in total. The number of rotatable bonds is 5. The Morgan fingerprint density at radius 2 is 2.11 bits per heavy atom. The van der Waals surface area contributed by atoms with Gasteiger partial charge in [-0.25, -0.2) is 0 Å². The minimum absolute atomic E-state index is 0.290. The van der Waals surface area contributed by atoms with Crippen LogP contribution in [-0.4, -0.2) is 22.0 Å². The fraction of sp³-hybridized carbons (Fsp3) is 0.429. The second-order valence-electron chi connectivity index (χ2n) is 4.48. The predicted molar refractivity (Wildman–Crippen MR) is 72.3 cm³/mol. The van der Waals surface area contributed by atoms with E-state index in [1.54, 1.807) is 4.68 Å². The van der Waals surface area contributed by atoms with Gasteiger partial charge in [-0.05, 0) is 24.6 Å². The van der Waals surface area contributed by atoms with E-state index >= 15 is 0 Å². The van der Waals surface area contributed by atoms with E-state index in [1.807, 2.05) is 20.3 Å². The highest BCUT2D eigenvalue weighted by Gasteiger charge is 2.14. The Morgan fingerprint density at radius 1 is 1.33 bits per heavy atom. The van der Waals surface area contributed by atoms with Crippen molar-refractivity contribution in [2.75, 3.05) is 7.05 Å². The molecule has 4 heteroatoms. The summed E-state index contributed by atoms with van der Waals surface area (Å²) in [4.78, 5) is 0. The lowest BCUT2D eigenvalue weighted by Crippen LogP contribution is -2.20. The van der Waals surface area contributed by atoms with E-state index in [0.717, 1.165) is 18.5 Å². The maximum absolute atomic E-state index is 4.16. The van der Waals surface area contributed by atoms with Crippen LogP contribution in [0.15, 0.2) is 30.5 Å². The van der Waals surface area contributed by atoms with Crippen LogP contribution in [0.4, 0.5) is 0 Å². The normalized spacial score (nSPS) is 12.6. The summed E-state index contributed by atoms with van der Waals surface area (Å²) in [7, 11) is 3.89. The van der Waals surface area contributed by atoms with Gasteiger partial charge in [0.2, 0.25) is 0 Å². The van der Waals surface area contributed by atoms with E-state index < -0.39 is 0 Å². The lowest BCUT2D eigenvalue weighted by molar-refractivity contribution is 0.578. The maximum Gasteiger partial charge on any atom is 0.0845 e. The molecular weight excluding hydrogens is 224 g/mol. The fourth-order valence-corrected chi connectivity index (χ4v) is 2.26. The van der Waals surface area contributed by atoms with Gasteiger partial charge in [-0.3, -0.25) is 4.68 Å². The lowest BCUT2D eigenvalue weighted by atomic mass is 9.96. The zero-order chi connectivity index (χ0) is 13.0. The molecule has 1 atom stereocenters. The van der Waals surface area contributed by atoms with Crippen LogP contribution in [0.3, 0.4) is 0 Å². The Bertz CT molecular complexity index is 504. The van der Waals surface area contributed by atoms with E-state index in [1.165, 1.54) is 11.1 Å². The standard InChI is InChI=1S/C14H20N4/c1-4-11-7-5-6-8-13(11)14(15-2)9-12-10-18(3)17-16-12/h5-8,10,14-15H,4,9H2,1-3H3. The molecule has 0 aliphatic rings. The molecule has 96 valence electrons. The molecule has 2 aromatic rings. The van der Waals surface area contributed by atoms with Crippen molar-refractivity contribution in [1.29, 1.82) is 0 Å². The highest BCUT2D eigenvalue weighted by molar-refractivity contribution is 5.30. The minimum Gasteiger partial charge on any atom is -0.313 e. The quantitative estimate of drug-likeness (QED) is 0.873. The van der Waals surface area contributed by atoms with Gasteiger partial charge in [-0.2, -0.15) is 0 Å². The summed E-state index contributed by atoms with van der Waals surface area (Å²) in [6, 6.07) is 8.86. The number of nitrogens with zero attached hydrogens (tertiary/aromatic N) is 3. The summed E-state index contributed by atoms with van der Waals surface area (Å²) >= 11 is 0. The highest BCUT2D eigenvalue weighted by atomic mass is 15.4. The molecule has 1 aromatic carbocycles. The van der Waals surface area contributed by atoms with Crippen LogP contribution < -0.4 is 5.32 Å². The summed E-state index contributed by atoms with van der Waals surface area (Å²) < 4.78 is 1.74. The molecule has 1 aromatic heterocycles. The van der Waals surface area contributed by atoms with Gasteiger partial charge in [0.15, 0.2) is 0 Å². The second-order valence-corrected chi connectivity index (χ2v) is 4.48. The third-order valence-corrected chi connectivity index (χ3v) is 3.22. The van der Waals surface area contributed by atoms with Gasteiger partial charge in [0.25, 0.3) is 0 Å². The van der Waals surface area contributed by atoms with Crippen molar-refractivity contribution >= 4 is 0 Å². The van der Waals surface area contributed by atoms with Crippen LogP contribution in [0, 0.1) is 0 Å². The number of hydrogen-bond donors (Lipinski definition) is 1. The van der Waals surface area contributed by atoms with Gasteiger partial charge in [0, 0.05) is 25.7 Å². The summed E-state index contributed by atoms with van der Waals surface area (Å²) in [5.74, 6) is 0. The summed E-state index contributed by atoms with van der Waals surface area (Å²) in [5.41, 5.74) is 3.76. The maximum atomic E-state index is 4.16. The van der Waals surface area contributed by atoms with Crippen molar-refractivity contribution in [2.24, 2.45) is 7.05 Å². The molecule has 0 fully saturated rings. The zero-order valence-corrected chi connectivity index (χ0v) is 11.2. The molecule has 1 heterocycles. The summed E-state index contributed by atoms with van der Waals surface area (Å²) in [6.45, 7) is 2.19. The van der Waals surface area contributed by atoms with Crippen LogP contribution in [0.2, 0.25) is 0 Å². The molecule has 0 saturated carbocycles. The van der Waals surface area contributed by atoms with Crippen molar-refractivity contribution in [2.45, 2.75) is 25.8 Å². The van der Waals surface area contributed by atoms with Gasteiger partial charge >= 0.3 is 0 Å². The Labute approximate surface area is 108 Å². The Morgan fingerprint density at radius 3 is 2.72 bits per heavy atom. The molecule has 0 saturated heterocycles. The van der Waals surface area contributed by atoms with Gasteiger partial charge < -0.3 is 5.32 Å². The monoisotopic (exact) mass is 244 g/mol. The first-order chi connectivity index (χ1) is 8.74. The molecule has 0 aliphatic carbocycles. The number of aryl methyl sites for hydroxylation is 2. The van der Waals surface area contributed by atoms with Gasteiger partial charge in [0.05, 0.1) is 5.69 Å². The number of hydrogen-bond acceptors (Lipinski definition) is 3. The van der Waals surface area contributed by atoms with E-state index in [9.17, 15) is 0 Å². The number of likely N-dealkylation sites (N-methyl/N-ethyl adjacent to an activating group) is 1. The molecule has 0 aliphatic heterocycles. The molecule has 0 radical (unpaired) electrons. The van der Waals surface area contributed by atoms with Crippen LogP contribution in [-0.2, 0) is 19.9 Å². The molecular formula is C14H20N4. The third kappa shape index (κ3) is 2.76. The van der Waals surface area contributed by atoms with Crippen molar-refractivity contribution in [1.82, 2.24) is 20.3 Å². The first kappa shape index (κ1) is 12.8. The summed E-state index contributed by atoms with van der Waals surface area (Å²) in [5, 5.41) is 11.5. The average molecular weight is 244 g/mol. The smallest absolute Gasteiger partial charge is 0.0845 e. The van der Waals surface area contributed by atoms with Crippen LogP contribution >= 0.6 is 0 Å². The van der Waals surface area contributed by atoms with E-state index in [-0.39, 0.29) is 6.04 Å². The Kier molecular flexibility index (Phi) is 4.10. The molecule has 0 bridgehead atoms. The number of benzene rings is 1. The fourth-order valence-electron chi connectivity index (χ4n) is 2.26. The largest absolute Gasteiger partial charge is 0.313 e. The molecule has 4 nitrogen and oxygen atoms in total. The van der Waals surface area contributed by atoms with Crippen molar-refractivity contribution in [3.05, 3.63) is 47.3 Å². The predicted octanol–water partition coefficient (Wildman–Crippen LogP) is 1.88. The van der Waals surface area contributed by atoms with E-state index in [0.29, 0.717) is 0 Å². The first-order valence-electron chi connectivity index (χ1n) is 6.34. The molecule has 1 unspecified atom stereocenters. The van der Waals surface area contributed by atoms with Crippen molar-refractivity contribution in [3.63, 3.8) is 0 Å². The highest BCUT2D eigenvalue weighted by Crippen LogP contribution is 2.21. The Balaban J connectivity index is 2.22. The van der Waals surface area contributed by atoms with E-state index in [4.69, 9.17) is 0 Å². The van der Waals surface area contributed by atoms with Gasteiger partial charge in [-0.15, -0.1) is 5.10 Å². The van der Waals surface area contributed by atoms with Crippen LogP contribution in [0.25, 0.3) is 0 Å². The van der Waals surface area contributed by atoms with Crippen molar-refractivity contribution in [3.8, 4) is 0 Å². The summed E-state index contributed by atoms with van der Waals surface area (Å²) in [6.07, 6.45) is 3.88. The third-order valence-electron chi connectivity index (χ3n) is 3.22. The molecule has 2 rings (SSSR count). The van der Waals surface area contributed by atoms with Gasteiger partial charge in [0.1, 0.15) is 0 Å². The number of aromatic nitrogens is 3. The second kappa shape index (κ2) is 5.78. The average Bonchev–Trinajstić information content (AvgIpc) is 2.81. The molecule has 0 spiro atoms.